The Morgan fingerprint density at radius 1 is 0.920 bits per heavy atom. The summed E-state index contributed by atoms with van der Waals surface area (Å²) in [6.07, 6.45) is 6.14. The fourth-order valence-corrected chi connectivity index (χ4v) is 3.88. The van der Waals surface area contributed by atoms with Gasteiger partial charge in [-0.15, -0.1) is 0 Å². The molecule has 0 unspecified atom stereocenters. The molecule has 1 N–H and O–H groups in total. The summed E-state index contributed by atoms with van der Waals surface area (Å²) in [6, 6.07) is 17.6. The van der Waals surface area contributed by atoms with Gasteiger partial charge in [0.1, 0.15) is 5.52 Å². The van der Waals surface area contributed by atoms with E-state index in [1.165, 1.54) is 16.3 Å². The summed E-state index contributed by atoms with van der Waals surface area (Å²) < 4.78 is 2.26. The summed E-state index contributed by atoms with van der Waals surface area (Å²) in [4.78, 5) is 9.38. The monoisotopic (exact) mass is 328 g/mol. The number of aromatic nitrogens is 3. The van der Waals surface area contributed by atoms with E-state index in [1.54, 1.807) is 0 Å². The van der Waals surface area contributed by atoms with E-state index in [0.29, 0.717) is 6.04 Å². The van der Waals surface area contributed by atoms with Crippen LogP contribution in [-0.2, 0) is 0 Å². The predicted molar refractivity (Wildman–Crippen MR) is 102 cm³/mol. The molecule has 0 aliphatic carbocycles. The topological polar surface area (TPSA) is 42.7 Å². The van der Waals surface area contributed by atoms with Crippen molar-refractivity contribution in [3.63, 3.8) is 0 Å². The minimum Gasteiger partial charge on any atom is -0.317 e. The van der Waals surface area contributed by atoms with E-state index in [2.05, 4.69) is 63.4 Å². The first kappa shape index (κ1) is 14.6. The van der Waals surface area contributed by atoms with Crippen LogP contribution >= 0.6 is 0 Å². The molecule has 0 amide bonds. The minimum atomic E-state index is 0.491. The standard InChI is InChI=1S/C21H20N4/c1-2-4-16-13-17(6-5-15(16)3-1)19-9-12-23-21-20(19)24-14-25(21)18-7-10-22-11-8-18/h1-6,9,12-14,18,22H,7-8,10-11H2. The highest BCUT2D eigenvalue weighted by Crippen LogP contribution is 2.31. The fourth-order valence-electron chi connectivity index (χ4n) is 3.88. The van der Waals surface area contributed by atoms with Gasteiger partial charge < -0.3 is 9.88 Å². The number of fused-ring (bicyclic) bond motifs is 2. The molecule has 2 aromatic carbocycles. The summed E-state index contributed by atoms with van der Waals surface area (Å²) in [5.41, 5.74) is 4.35. The zero-order chi connectivity index (χ0) is 16.6. The smallest absolute Gasteiger partial charge is 0.160 e. The second-order valence-electron chi connectivity index (χ2n) is 6.73. The molecule has 0 saturated carbocycles. The van der Waals surface area contributed by atoms with Crippen molar-refractivity contribution < 1.29 is 0 Å². The number of hydrogen-bond acceptors (Lipinski definition) is 3. The van der Waals surface area contributed by atoms with Crippen LogP contribution in [-0.4, -0.2) is 27.6 Å². The highest BCUT2D eigenvalue weighted by Gasteiger charge is 2.19. The lowest BCUT2D eigenvalue weighted by Crippen LogP contribution is -2.29. The Kier molecular flexibility index (Phi) is 3.49. The zero-order valence-corrected chi connectivity index (χ0v) is 14.0. The molecule has 0 atom stereocenters. The molecule has 4 aromatic rings. The molecule has 4 nitrogen and oxygen atoms in total. The van der Waals surface area contributed by atoms with Gasteiger partial charge in [-0.3, -0.25) is 0 Å². The molecule has 25 heavy (non-hydrogen) atoms. The van der Waals surface area contributed by atoms with Gasteiger partial charge in [-0.05, 0) is 54.4 Å². The Hall–Kier alpha value is -2.72. The molecule has 1 aliphatic heterocycles. The van der Waals surface area contributed by atoms with Crippen LogP contribution < -0.4 is 5.32 Å². The molecular weight excluding hydrogens is 308 g/mol. The molecule has 0 radical (unpaired) electrons. The number of nitrogens with zero attached hydrogens (tertiary/aromatic N) is 3. The Labute approximate surface area is 146 Å². The largest absolute Gasteiger partial charge is 0.317 e. The van der Waals surface area contributed by atoms with Crippen molar-refractivity contribution in [2.45, 2.75) is 18.9 Å². The van der Waals surface area contributed by atoms with E-state index >= 15 is 0 Å². The van der Waals surface area contributed by atoms with E-state index in [9.17, 15) is 0 Å². The fraction of sp³-hybridized carbons (Fsp3) is 0.238. The van der Waals surface area contributed by atoms with Crippen molar-refractivity contribution in [3.05, 3.63) is 61.1 Å². The number of pyridine rings is 1. The second-order valence-corrected chi connectivity index (χ2v) is 6.73. The summed E-state index contributed by atoms with van der Waals surface area (Å²) in [5, 5.41) is 5.94. The molecular formula is C21H20N4. The Morgan fingerprint density at radius 3 is 2.64 bits per heavy atom. The Morgan fingerprint density at radius 2 is 1.76 bits per heavy atom. The third-order valence-electron chi connectivity index (χ3n) is 5.22. The molecule has 4 heteroatoms. The van der Waals surface area contributed by atoms with Gasteiger partial charge in [0, 0.05) is 17.8 Å². The molecule has 0 bridgehead atoms. The highest BCUT2D eigenvalue weighted by atomic mass is 15.1. The van der Waals surface area contributed by atoms with Crippen LogP contribution in [0, 0.1) is 0 Å². The summed E-state index contributed by atoms with van der Waals surface area (Å²) in [6.45, 7) is 2.13. The van der Waals surface area contributed by atoms with Crippen molar-refractivity contribution in [1.82, 2.24) is 19.9 Å². The van der Waals surface area contributed by atoms with Crippen molar-refractivity contribution in [2.75, 3.05) is 13.1 Å². The van der Waals surface area contributed by atoms with E-state index in [-0.39, 0.29) is 0 Å². The average Bonchev–Trinajstić information content (AvgIpc) is 3.12. The van der Waals surface area contributed by atoms with E-state index < -0.39 is 0 Å². The first-order chi connectivity index (χ1) is 12.4. The van der Waals surface area contributed by atoms with Crippen LogP contribution in [0.1, 0.15) is 18.9 Å². The number of nitrogens with one attached hydrogen (secondary N) is 1. The van der Waals surface area contributed by atoms with Crippen LogP contribution in [0.2, 0.25) is 0 Å². The van der Waals surface area contributed by atoms with Crippen molar-refractivity contribution in [1.29, 1.82) is 0 Å². The first-order valence-corrected chi connectivity index (χ1v) is 8.91. The van der Waals surface area contributed by atoms with Gasteiger partial charge in [0.05, 0.1) is 6.33 Å². The van der Waals surface area contributed by atoms with Crippen LogP contribution in [0.3, 0.4) is 0 Å². The first-order valence-electron chi connectivity index (χ1n) is 8.91. The predicted octanol–water partition coefficient (Wildman–Crippen LogP) is 4.18. The molecule has 5 rings (SSSR count). The van der Waals surface area contributed by atoms with Crippen LogP contribution in [0.4, 0.5) is 0 Å². The maximum Gasteiger partial charge on any atom is 0.160 e. The van der Waals surface area contributed by atoms with Crippen LogP contribution in [0.25, 0.3) is 33.1 Å². The highest BCUT2D eigenvalue weighted by molar-refractivity contribution is 5.94. The third-order valence-corrected chi connectivity index (χ3v) is 5.22. The lowest BCUT2D eigenvalue weighted by Gasteiger charge is -2.24. The quantitative estimate of drug-likeness (QED) is 0.600. The molecule has 3 heterocycles. The second kappa shape index (κ2) is 5.97. The molecule has 1 fully saturated rings. The van der Waals surface area contributed by atoms with Crippen LogP contribution in [0.15, 0.2) is 61.1 Å². The number of rotatable bonds is 2. The third kappa shape index (κ3) is 2.50. The normalized spacial score (nSPS) is 15.8. The van der Waals surface area contributed by atoms with Gasteiger partial charge in [0.15, 0.2) is 5.65 Å². The van der Waals surface area contributed by atoms with Gasteiger partial charge in [-0.1, -0.05) is 36.4 Å². The maximum absolute atomic E-state index is 4.73. The minimum absolute atomic E-state index is 0.491. The van der Waals surface area contributed by atoms with Crippen molar-refractivity contribution in [3.8, 4) is 11.1 Å². The van der Waals surface area contributed by atoms with Gasteiger partial charge in [-0.2, -0.15) is 0 Å². The molecule has 2 aromatic heterocycles. The lowest BCUT2D eigenvalue weighted by molar-refractivity contribution is 0.373. The van der Waals surface area contributed by atoms with Gasteiger partial charge >= 0.3 is 0 Å². The molecule has 0 spiro atoms. The van der Waals surface area contributed by atoms with E-state index in [1.807, 2.05) is 12.5 Å². The van der Waals surface area contributed by atoms with Gasteiger partial charge in [-0.25, -0.2) is 9.97 Å². The average molecular weight is 328 g/mol. The SMILES string of the molecule is c1ccc2cc(-c3ccnc4c3ncn4C3CCNCC3)ccc2c1. The number of hydrogen-bond donors (Lipinski definition) is 1. The zero-order valence-electron chi connectivity index (χ0n) is 14.0. The number of imidazole rings is 1. The Balaban J connectivity index is 1.64. The van der Waals surface area contributed by atoms with Crippen molar-refractivity contribution in [2.24, 2.45) is 0 Å². The summed E-state index contributed by atoms with van der Waals surface area (Å²) in [5.74, 6) is 0. The molecule has 124 valence electrons. The Bertz CT molecular complexity index is 1040. The molecule has 1 saturated heterocycles. The van der Waals surface area contributed by atoms with E-state index in [0.717, 1.165) is 42.7 Å². The number of piperidine rings is 1. The summed E-state index contributed by atoms with van der Waals surface area (Å²) >= 11 is 0. The molecule has 1 aliphatic rings. The maximum atomic E-state index is 4.73. The van der Waals surface area contributed by atoms with Crippen LogP contribution in [0.5, 0.6) is 0 Å². The van der Waals surface area contributed by atoms with Crippen molar-refractivity contribution >= 4 is 21.9 Å². The van der Waals surface area contributed by atoms with Gasteiger partial charge in [0.25, 0.3) is 0 Å². The lowest BCUT2D eigenvalue weighted by atomic mass is 10.0. The van der Waals surface area contributed by atoms with E-state index in [4.69, 9.17) is 4.98 Å². The van der Waals surface area contributed by atoms with Gasteiger partial charge in [0.2, 0.25) is 0 Å². The summed E-state index contributed by atoms with van der Waals surface area (Å²) in [7, 11) is 0. The number of benzene rings is 2.